The predicted molar refractivity (Wildman–Crippen MR) is 76.2 cm³/mol. The molecular formula is C15H24N2O2. The fraction of sp³-hybridized carbons (Fsp3) is 0.600. The van der Waals surface area contributed by atoms with Gasteiger partial charge in [-0.25, -0.2) is 0 Å². The number of piperazine rings is 1. The van der Waals surface area contributed by atoms with Gasteiger partial charge in [-0.2, -0.15) is 0 Å². The van der Waals surface area contributed by atoms with E-state index >= 15 is 0 Å². The highest BCUT2D eigenvalue weighted by molar-refractivity contribution is 5.13. The fourth-order valence-corrected chi connectivity index (χ4v) is 2.11. The Hall–Kier alpha value is -0.940. The van der Waals surface area contributed by atoms with Crippen molar-refractivity contribution in [2.75, 3.05) is 52.5 Å². The monoisotopic (exact) mass is 264 g/mol. The summed E-state index contributed by atoms with van der Waals surface area (Å²) >= 11 is 0. The van der Waals surface area contributed by atoms with Gasteiger partial charge in [0.2, 0.25) is 0 Å². The van der Waals surface area contributed by atoms with Crippen molar-refractivity contribution in [2.24, 2.45) is 0 Å². The molecule has 0 saturated carbocycles. The zero-order chi connectivity index (χ0) is 13.2. The number of ether oxygens (including phenoxy) is 2. The highest BCUT2D eigenvalue weighted by Crippen LogP contribution is 2.00. The van der Waals surface area contributed by atoms with E-state index < -0.39 is 0 Å². The minimum atomic E-state index is 0.663. The second kappa shape index (κ2) is 9.04. The highest BCUT2D eigenvalue weighted by Gasteiger charge is 2.08. The first-order valence-corrected chi connectivity index (χ1v) is 7.07. The Labute approximate surface area is 115 Å². The molecule has 0 unspecified atom stereocenters. The average Bonchev–Trinajstić information content (AvgIpc) is 2.48. The van der Waals surface area contributed by atoms with Crippen LogP contribution in [0, 0.1) is 0 Å². The minimum absolute atomic E-state index is 0.663. The molecule has 1 fully saturated rings. The SMILES string of the molecule is c1ccc(COCCOCCN2CCNCC2)cc1. The predicted octanol–water partition coefficient (Wildman–Crippen LogP) is 1.12. The molecule has 0 amide bonds. The van der Waals surface area contributed by atoms with Crippen LogP contribution in [-0.4, -0.2) is 57.4 Å². The third-order valence-electron chi connectivity index (χ3n) is 3.25. The van der Waals surface area contributed by atoms with E-state index in [1.54, 1.807) is 0 Å². The normalized spacial score (nSPS) is 16.6. The Morgan fingerprint density at radius 1 is 0.947 bits per heavy atom. The van der Waals surface area contributed by atoms with Crippen LogP contribution in [0.3, 0.4) is 0 Å². The van der Waals surface area contributed by atoms with Gasteiger partial charge in [-0.15, -0.1) is 0 Å². The van der Waals surface area contributed by atoms with E-state index in [2.05, 4.69) is 22.3 Å². The lowest BCUT2D eigenvalue weighted by Gasteiger charge is -2.26. The van der Waals surface area contributed by atoms with Crippen molar-refractivity contribution in [1.29, 1.82) is 0 Å². The van der Waals surface area contributed by atoms with Gasteiger partial charge in [-0.3, -0.25) is 4.90 Å². The van der Waals surface area contributed by atoms with Gasteiger partial charge in [0, 0.05) is 32.7 Å². The molecule has 4 heteroatoms. The molecule has 1 aliphatic heterocycles. The Morgan fingerprint density at radius 3 is 2.47 bits per heavy atom. The van der Waals surface area contributed by atoms with Gasteiger partial charge in [0.1, 0.15) is 0 Å². The first-order chi connectivity index (χ1) is 9.45. The van der Waals surface area contributed by atoms with E-state index in [9.17, 15) is 0 Å². The molecule has 106 valence electrons. The summed E-state index contributed by atoms with van der Waals surface area (Å²) in [6.07, 6.45) is 0. The fourth-order valence-electron chi connectivity index (χ4n) is 2.11. The van der Waals surface area contributed by atoms with Crippen molar-refractivity contribution in [3.05, 3.63) is 35.9 Å². The molecule has 2 rings (SSSR count). The third kappa shape index (κ3) is 6.16. The Morgan fingerprint density at radius 2 is 1.68 bits per heavy atom. The molecule has 1 saturated heterocycles. The number of nitrogens with one attached hydrogen (secondary N) is 1. The Kier molecular flexibility index (Phi) is 6.89. The molecule has 1 aromatic carbocycles. The van der Waals surface area contributed by atoms with E-state index in [0.29, 0.717) is 19.8 Å². The molecular weight excluding hydrogens is 240 g/mol. The van der Waals surface area contributed by atoms with E-state index in [1.807, 2.05) is 18.2 Å². The van der Waals surface area contributed by atoms with Crippen LogP contribution in [0.25, 0.3) is 0 Å². The molecule has 0 radical (unpaired) electrons. The summed E-state index contributed by atoms with van der Waals surface area (Å²) in [4.78, 5) is 2.43. The Bertz CT molecular complexity index is 326. The van der Waals surface area contributed by atoms with Gasteiger partial charge in [-0.1, -0.05) is 30.3 Å². The van der Waals surface area contributed by atoms with E-state index in [4.69, 9.17) is 9.47 Å². The standard InChI is InChI=1S/C15H24N2O2/c1-2-4-15(5-3-1)14-19-13-12-18-11-10-17-8-6-16-7-9-17/h1-5,16H,6-14H2. The van der Waals surface area contributed by atoms with Gasteiger partial charge in [0.25, 0.3) is 0 Å². The molecule has 1 aliphatic rings. The van der Waals surface area contributed by atoms with Crippen molar-refractivity contribution in [3.63, 3.8) is 0 Å². The lowest BCUT2D eigenvalue weighted by Crippen LogP contribution is -2.44. The lowest BCUT2D eigenvalue weighted by atomic mass is 10.2. The molecule has 0 aliphatic carbocycles. The smallest absolute Gasteiger partial charge is 0.0718 e. The summed E-state index contributed by atoms with van der Waals surface area (Å²) in [5, 5.41) is 3.35. The van der Waals surface area contributed by atoms with Crippen LogP contribution in [0.4, 0.5) is 0 Å². The molecule has 0 aromatic heterocycles. The van der Waals surface area contributed by atoms with Crippen LogP contribution in [-0.2, 0) is 16.1 Å². The van der Waals surface area contributed by atoms with Gasteiger partial charge < -0.3 is 14.8 Å². The van der Waals surface area contributed by atoms with Crippen molar-refractivity contribution >= 4 is 0 Å². The maximum Gasteiger partial charge on any atom is 0.0718 e. The van der Waals surface area contributed by atoms with E-state index in [1.165, 1.54) is 5.56 Å². The summed E-state index contributed by atoms with van der Waals surface area (Å²) in [5.41, 5.74) is 1.21. The van der Waals surface area contributed by atoms with Gasteiger partial charge in [0.05, 0.1) is 26.4 Å². The summed E-state index contributed by atoms with van der Waals surface area (Å²) in [7, 11) is 0. The van der Waals surface area contributed by atoms with Crippen molar-refractivity contribution in [1.82, 2.24) is 10.2 Å². The highest BCUT2D eigenvalue weighted by atomic mass is 16.5. The summed E-state index contributed by atoms with van der Waals surface area (Å²) in [6.45, 7) is 8.30. The van der Waals surface area contributed by atoms with Crippen LogP contribution in [0.5, 0.6) is 0 Å². The maximum atomic E-state index is 5.59. The number of rotatable bonds is 8. The van der Waals surface area contributed by atoms with Gasteiger partial charge in [0.15, 0.2) is 0 Å². The first kappa shape index (κ1) is 14.5. The molecule has 4 nitrogen and oxygen atoms in total. The molecule has 1 aromatic rings. The molecule has 1 N–H and O–H groups in total. The Balaban J connectivity index is 1.42. The third-order valence-corrected chi connectivity index (χ3v) is 3.25. The second-order valence-corrected chi connectivity index (χ2v) is 4.74. The summed E-state index contributed by atoms with van der Waals surface area (Å²) in [5.74, 6) is 0. The van der Waals surface area contributed by atoms with E-state index in [0.717, 1.165) is 39.3 Å². The summed E-state index contributed by atoms with van der Waals surface area (Å²) < 4.78 is 11.2. The topological polar surface area (TPSA) is 33.7 Å². The van der Waals surface area contributed by atoms with E-state index in [-0.39, 0.29) is 0 Å². The lowest BCUT2D eigenvalue weighted by molar-refractivity contribution is 0.0314. The molecule has 1 heterocycles. The quantitative estimate of drug-likeness (QED) is 0.714. The number of benzene rings is 1. The number of hydrogen-bond donors (Lipinski definition) is 1. The van der Waals surface area contributed by atoms with Crippen LogP contribution in [0.2, 0.25) is 0 Å². The van der Waals surface area contributed by atoms with Crippen LogP contribution in [0.15, 0.2) is 30.3 Å². The molecule has 0 atom stereocenters. The van der Waals surface area contributed by atoms with Crippen molar-refractivity contribution < 1.29 is 9.47 Å². The largest absolute Gasteiger partial charge is 0.378 e. The average molecular weight is 264 g/mol. The first-order valence-electron chi connectivity index (χ1n) is 7.07. The maximum absolute atomic E-state index is 5.59. The molecule has 19 heavy (non-hydrogen) atoms. The van der Waals surface area contributed by atoms with Gasteiger partial charge in [-0.05, 0) is 5.56 Å². The van der Waals surface area contributed by atoms with Crippen molar-refractivity contribution in [2.45, 2.75) is 6.61 Å². The van der Waals surface area contributed by atoms with Gasteiger partial charge >= 0.3 is 0 Å². The zero-order valence-corrected chi connectivity index (χ0v) is 11.5. The minimum Gasteiger partial charge on any atom is -0.378 e. The number of hydrogen-bond acceptors (Lipinski definition) is 4. The zero-order valence-electron chi connectivity index (χ0n) is 11.5. The number of nitrogens with zero attached hydrogens (tertiary/aromatic N) is 1. The van der Waals surface area contributed by atoms with Crippen LogP contribution < -0.4 is 5.32 Å². The van der Waals surface area contributed by atoms with Crippen LogP contribution in [0.1, 0.15) is 5.56 Å². The summed E-state index contributed by atoms with van der Waals surface area (Å²) in [6, 6.07) is 10.2. The second-order valence-electron chi connectivity index (χ2n) is 4.74. The van der Waals surface area contributed by atoms with Crippen molar-refractivity contribution in [3.8, 4) is 0 Å². The van der Waals surface area contributed by atoms with Crippen LogP contribution >= 0.6 is 0 Å². The molecule has 0 spiro atoms. The molecule has 0 bridgehead atoms.